The molecule has 7 heteroatoms. The van der Waals surface area contributed by atoms with Crippen molar-refractivity contribution < 1.29 is 24.2 Å². The van der Waals surface area contributed by atoms with E-state index < -0.39 is 12.1 Å². The Morgan fingerprint density at radius 2 is 1.92 bits per heavy atom. The minimum absolute atomic E-state index is 0.00597. The number of carboxylic acid groups (broad SMARTS) is 1. The summed E-state index contributed by atoms with van der Waals surface area (Å²) in [5.74, 6) is -0.514. The number of benzene rings is 1. The lowest BCUT2D eigenvalue weighted by Crippen LogP contribution is -2.42. The monoisotopic (exact) mass is 346 g/mol. The molecule has 1 heterocycles. The Balaban J connectivity index is 1.97. The highest BCUT2D eigenvalue weighted by atomic mass is 16.4. The number of nitrogens with one attached hydrogen (secondary N) is 1. The third-order valence-corrected chi connectivity index (χ3v) is 3.61. The lowest BCUT2D eigenvalue weighted by atomic mass is 10.2. The molecule has 2 rings (SSSR count). The van der Waals surface area contributed by atoms with Gasteiger partial charge in [0.2, 0.25) is 0 Å². The zero-order valence-corrected chi connectivity index (χ0v) is 13.8. The third-order valence-electron chi connectivity index (χ3n) is 3.61. The second kappa shape index (κ2) is 9.48. The Labute approximate surface area is 145 Å². The van der Waals surface area contributed by atoms with E-state index in [-0.39, 0.29) is 25.5 Å². The summed E-state index contributed by atoms with van der Waals surface area (Å²) in [5.41, 5.74) is 0.926. The van der Waals surface area contributed by atoms with Crippen LogP contribution in [0, 0.1) is 0 Å². The summed E-state index contributed by atoms with van der Waals surface area (Å²) in [4.78, 5) is 24.4. The highest BCUT2D eigenvalue weighted by molar-refractivity contribution is 5.74. The molecule has 0 aliphatic heterocycles. The molecule has 2 aromatic rings. The third kappa shape index (κ3) is 6.31. The van der Waals surface area contributed by atoms with Gasteiger partial charge in [-0.25, -0.2) is 4.79 Å². The van der Waals surface area contributed by atoms with Gasteiger partial charge in [0, 0.05) is 19.5 Å². The first-order chi connectivity index (χ1) is 12.1. The van der Waals surface area contributed by atoms with E-state index in [0.717, 1.165) is 5.56 Å². The Morgan fingerprint density at radius 3 is 2.56 bits per heavy atom. The number of carbonyl (C=O) groups excluding carboxylic acids is 1. The molecule has 0 radical (unpaired) electrons. The summed E-state index contributed by atoms with van der Waals surface area (Å²) >= 11 is 0. The zero-order chi connectivity index (χ0) is 18.1. The van der Waals surface area contributed by atoms with Crippen molar-refractivity contribution in [2.24, 2.45) is 0 Å². The average Bonchev–Trinajstić information content (AvgIpc) is 3.13. The van der Waals surface area contributed by atoms with Crippen LogP contribution in [0.4, 0.5) is 4.79 Å². The van der Waals surface area contributed by atoms with Gasteiger partial charge in [-0.1, -0.05) is 30.3 Å². The number of aliphatic carboxylic acids is 1. The molecular weight excluding hydrogens is 324 g/mol. The zero-order valence-electron chi connectivity index (χ0n) is 13.8. The average molecular weight is 346 g/mol. The van der Waals surface area contributed by atoms with Crippen molar-refractivity contribution in [1.29, 1.82) is 0 Å². The number of nitrogens with zero attached hydrogens (tertiary/aromatic N) is 1. The number of rotatable bonds is 9. The van der Waals surface area contributed by atoms with E-state index in [1.165, 1.54) is 11.2 Å². The van der Waals surface area contributed by atoms with E-state index in [2.05, 4.69) is 5.32 Å². The van der Waals surface area contributed by atoms with Gasteiger partial charge in [-0.05, 0) is 24.1 Å². The summed E-state index contributed by atoms with van der Waals surface area (Å²) in [5, 5.41) is 21.6. The number of urea groups is 1. The van der Waals surface area contributed by atoms with E-state index in [0.29, 0.717) is 18.7 Å². The van der Waals surface area contributed by atoms with Gasteiger partial charge >= 0.3 is 12.0 Å². The molecule has 0 fully saturated rings. The van der Waals surface area contributed by atoms with Crippen molar-refractivity contribution >= 4 is 12.0 Å². The lowest BCUT2D eigenvalue weighted by Gasteiger charge is -2.25. The van der Waals surface area contributed by atoms with Gasteiger partial charge in [0.25, 0.3) is 0 Å². The first-order valence-corrected chi connectivity index (χ1v) is 8.06. The molecule has 0 saturated heterocycles. The Bertz CT molecular complexity index is 657. The molecule has 0 aliphatic carbocycles. The highest BCUT2D eigenvalue weighted by Crippen LogP contribution is 2.16. The molecule has 1 aromatic heterocycles. The maximum atomic E-state index is 12.4. The standard InChI is InChI=1S/C18H22N2O5/c21-15(16-8-5-11-25-16)13-20(12-14-6-2-1-3-7-14)18(24)19-10-4-9-17(22)23/h1-3,5-8,11,15,21H,4,9-10,12-13H2,(H,19,24)(H,22,23). The number of amides is 2. The van der Waals surface area contributed by atoms with Crippen LogP contribution in [0.25, 0.3) is 0 Å². The molecule has 2 amide bonds. The van der Waals surface area contributed by atoms with Gasteiger partial charge in [-0.15, -0.1) is 0 Å². The highest BCUT2D eigenvalue weighted by Gasteiger charge is 2.20. The molecule has 25 heavy (non-hydrogen) atoms. The van der Waals surface area contributed by atoms with Gasteiger partial charge in [0.15, 0.2) is 0 Å². The van der Waals surface area contributed by atoms with Gasteiger partial charge < -0.3 is 24.8 Å². The summed E-state index contributed by atoms with van der Waals surface area (Å²) in [6.45, 7) is 0.643. The predicted molar refractivity (Wildman–Crippen MR) is 90.8 cm³/mol. The fourth-order valence-corrected chi connectivity index (χ4v) is 2.35. The first-order valence-electron chi connectivity index (χ1n) is 8.06. The Kier molecular flexibility index (Phi) is 7.03. The summed E-state index contributed by atoms with van der Waals surface area (Å²) < 4.78 is 5.18. The van der Waals surface area contributed by atoms with Crippen molar-refractivity contribution in [3.8, 4) is 0 Å². The maximum absolute atomic E-state index is 12.4. The number of carbonyl (C=O) groups is 2. The van der Waals surface area contributed by atoms with Crippen LogP contribution in [0.3, 0.4) is 0 Å². The first kappa shape index (κ1) is 18.5. The quantitative estimate of drug-likeness (QED) is 0.605. The maximum Gasteiger partial charge on any atom is 0.317 e. The molecule has 7 nitrogen and oxygen atoms in total. The van der Waals surface area contributed by atoms with Crippen LogP contribution in [0.5, 0.6) is 0 Å². The molecular formula is C18H22N2O5. The molecule has 1 aromatic carbocycles. The van der Waals surface area contributed by atoms with E-state index >= 15 is 0 Å². The van der Waals surface area contributed by atoms with Crippen molar-refractivity contribution in [2.75, 3.05) is 13.1 Å². The minimum Gasteiger partial charge on any atom is -0.481 e. The molecule has 0 spiro atoms. The van der Waals surface area contributed by atoms with Crippen LogP contribution in [0.15, 0.2) is 53.1 Å². The Hall–Kier alpha value is -2.80. The summed E-state index contributed by atoms with van der Waals surface area (Å²) in [7, 11) is 0. The molecule has 0 aliphatic rings. The van der Waals surface area contributed by atoms with E-state index in [4.69, 9.17) is 9.52 Å². The number of hydrogen-bond donors (Lipinski definition) is 3. The molecule has 1 unspecified atom stereocenters. The van der Waals surface area contributed by atoms with E-state index in [9.17, 15) is 14.7 Å². The topological polar surface area (TPSA) is 103 Å². The van der Waals surface area contributed by atoms with Gasteiger partial charge in [0.05, 0.1) is 12.8 Å². The van der Waals surface area contributed by atoms with Crippen LogP contribution < -0.4 is 5.32 Å². The van der Waals surface area contributed by atoms with E-state index in [1.54, 1.807) is 12.1 Å². The van der Waals surface area contributed by atoms with Gasteiger partial charge in [-0.2, -0.15) is 0 Å². The largest absolute Gasteiger partial charge is 0.481 e. The fraction of sp³-hybridized carbons (Fsp3) is 0.333. The van der Waals surface area contributed by atoms with Crippen molar-refractivity contribution in [1.82, 2.24) is 10.2 Å². The van der Waals surface area contributed by atoms with Crippen LogP contribution in [-0.4, -0.2) is 40.2 Å². The van der Waals surface area contributed by atoms with Crippen LogP contribution in [-0.2, 0) is 11.3 Å². The molecule has 3 N–H and O–H groups in total. The number of aliphatic hydroxyl groups is 1. The second-order valence-corrected chi connectivity index (χ2v) is 5.63. The number of aliphatic hydroxyl groups excluding tert-OH is 1. The smallest absolute Gasteiger partial charge is 0.317 e. The van der Waals surface area contributed by atoms with Gasteiger partial charge in [-0.3, -0.25) is 4.79 Å². The molecule has 134 valence electrons. The van der Waals surface area contributed by atoms with Gasteiger partial charge in [0.1, 0.15) is 11.9 Å². The summed E-state index contributed by atoms with van der Waals surface area (Å²) in [6.07, 6.45) is 0.865. The molecule has 0 bridgehead atoms. The van der Waals surface area contributed by atoms with Crippen LogP contribution in [0.2, 0.25) is 0 Å². The number of furan rings is 1. The van der Waals surface area contributed by atoms with Crippen LogP contribution >= 0.6 is 0 Å². The number of carboxylic acids is 1. The van der Waals surface area contributed by atoms with Crippen LogP contribution in [0.1, 0.15) is 30.3 Å². The fourth-order valence-electron chi connectivity index (χ4n) is 2.35. The second-order valence-electron chi connectivity index (χ2n) is 5.63. The lowest BCUT2D eigenvalue weighted by molar-refractivity contribution is -0.137. The Morgan fingerprint density at radius 1 is 1.16 bits per heavy atom. The van der Waals surface area contributed by atoms with Crippen molar-refractivity contribution in [3.63, 3.8) is 0 Å². The molecule has 0 saturated carbocycles. The molecule has 1 atom stereocenters. The summed E-state index contributed by atoms with van der Waals surface area (Å²) in [6, 6.07) is 12.4. The van der Waals surface area contributed by atoms with Crippen molar-refractivity contribution in [3.05, 3.63) is 60.1 Å². The minimum atomic E-state index is -0.941. The normalized spacial score (nSPS) is 11.7. The predicted octanol–water partition coefficient (Wildman–Crippen LogP) is 2.39. The van der Waals surface area contributed by atoms with Crippen molar-refractivity contribution in [2.45, 2.75) is 25.5 Å². The van der Waals surface area contributed by atoms with E-state index in [1.807, 2.05) is 30.3 Å². The number of hydrogen-bond acceptors (Lipinski definition) is 4. The SMILES string of the molecule is O=C(O)CCCNC(=O)N(Cc1ccccc1)CC(O)c1ccco1.